The van der Waals surface area contributed by atoms with Gasteiger partial charge in [-0.3, -0.25) is 4.79 Å². The Bertz CT molecular complexity index is 401. The number of amides is 1. The van der Waals surface area contributed by atoms with Crippen LogP contribution in [0.25, 0.3) is 0 Å². The van der Waals surface area contributed by atoms with E-state index in [0.717, 1.165) is 18.4 Å². The number of hydrogen-bond donors (Lipinski definition) is 1. The highest BCUT2D eigenvalue weighted by molar-refractivity contribution is 5.79. The second kappa shape index (κ2) is 5.96. The Hall–Kier alpha value is -1.42. The second-order valence-electron chi connectivity index (χ2n) is 4.76. The molecule has 0 spiro atoms. The van der Waals surface area contributed by atoms with Crippen molar-refractivity contribution in [2.75, 3.05) is 13.1 Å². The maximum atomic E-state index is 12.8. The van der Waals surface area contributed by atoms with E-state index in [1.54, 1.807) is 12.1 Å². The lowest BCUT2D eigenvalue weighted by Gasteiger charge is -2.37. The molecule has 0 heterocycles. The predicted molar refractivity (Wildman–Crippen MR) is 68.5 cm³/mol. The topological polar surface area (TPSA) is 46.3 Å². The van der Waals surface area contributed by atoms with E-state index >= 15 is 0 Å². The zero-order chi connectivity index (χ0) is 13.0. The maximum absolute atomic E-state index is 12.8. The Morgan fingerprint density at radius 1 is 1.33 bits per heavy atom. The molecule has 1 aromatic rings. The lowest BCUT2D eigenvalue weighted by atomic mass is 9.91. The SMILES string of the molecule is NCCN(C(=O)Cc1ccc(F)cc1)C1CCC1. The van der Waals surface area contributed by atoms with Crippen LogP contribution in [0.3, 0.4) is 0 Å². The van der Waals surface area contributed by atoms with Gasteiger partial charge in [0.2, 0.25) is 5.91 Å². The molecule has 0 unspecified atom stereocenters. The second-order valence-corrected chi connectivity index (χ2v) is 4.76. The van der Waals surface area contributed by atoms with Gasteiger partial charge in [-0.25, -0.2) is 4.39 Å². The van der Waals surface area contributed by atoms with E-state index in [1.165, 1.54) is 18.6 Å². The van der Waals surface area contributed by atoms with Crippen LogP contribution in [0.2, 0.25) is 0 Å². The normalized spacial score (nSPS) is 15.2. The van der Waals surface area contributed by atoms with E-state index in [4.69, 9.17) is 5.73 Å². The van der Waals surface area contributed by atoms with Crippen molar-refractivity contribution < 1.29 is 9.18 Å². The zero-order valence-corrected chi connectivity index (χ0v) is 10.4. The first-order valence-electron chi connectivity index (χ1n) is 6.44. The number of halogens is 1. The van der Waals surface area contributed by atoms with Crippen LogP contribution < -0.4 is 5.73 Å². The number of benzene rings is 1. The molecule has 2 rings (SSSR count). The largest absolute Gasteiger partial charge is 0.338 e. The third-order valence-electron chi connectivity index (χ3n) is 3.47. The van der Waals surface area contributed by atoms with Gasteiger partial charge >= 0.3 is 0 Å². The van der Waals surface area contributed by atoms with Gasteiger partial charge < -0.3 is 10.6 Å². The smallest absolute Gasteiger partial charge is 0.227 e. The number of carbonyl (C=O) groups is 1. The Morgan fingerprint density at radius 2 is 2.00 bits per heavy atom. The van der Waals surface area contributed by atoms with E-state index in [0.29, 0.717) is 25.6 Å². The molecule has 0 atom stereocenters. The minimum absolute atomic E-state index is 0.0942. The highest BCUT2D eigenvalue weighted by atomic mass is 19.1. The van der Waals surface area contributed by atoms with Crippen LogP contribution in [0.15, 0.2) is 24.3 Å². The fourth-order valence-corrected chi connectivity index (χ4v) is 2.23. The summed E-state index contributed by atoms with van der Waals surface area (Å²) in [6.45, 7) is 1.11. The van der Waals surface area contributed by atoms with Gasteiger partial charge in [0, 0.05) is 19.1 Å². The molecule has 0 radical (unpaired) electrons. The molecule has 1 saturated carbocycles. The van der Waals surface area contributed by atoms with Crippen molar-refractivity contribution in [1.82, 2.24) is 4.90 Å². The summed E-state index contributed by atoms with van der Waals surface area (Å²) in [5, 5.41) is 0. The number of hydrogen-bond acceptors (Lipinski definition) is 2. The molecule has 0 saturated heterocycles. The molecule has 1 fully saturated rings. The standard InChI is InChI=1S/C14H19FN2O/c15-12-6-4-11(5-7-12)10-14(18)17(9-8-16)13-2-1-3-13/h4-7,13H,1-3,8-10,16H2. The number of nitrogens with two attached hydrogens (primary N) is 1. The van der Waals surface area contributed by atoms with Gasteiger partial charge in [-0.05, 0) is 37.0 Å². The van der Waals surface area contributed by atoms with Crippen molar-refractivity contribution in [3.63, 3.8) is 0 Å². The first-order chi connectivity index (χ1) is 8.70. The summed E-state index contributed by atoms with van der Waals surface area (Å²) in [7, 11) is 0. The van der Waals surface area contributed by atoms with Crippen LogP contribution in [0.1, 0.15) is 24.8 Å². The van der Waals surface area contributed by atoms with Gasteiger partial charge in [0.25, 0.3) is 0 Å². The minimum Gasteiger partial charge on any atom is -0.338 e. The van der Waals surface area contributed by atoms with Crippen molar-refractivity contribution in [2.45, 2.75) is 31.7 Å². The van der Waals surface area contributed by atoms with Crippen LogP contribution in [0, 0.1) is 5.82 Å². The van der Waals surface area contributed by atoms with Crippen molar-refractivity contribution in [2.24, 2.45) is 5.73 Å². The molecule has 4 heteroatoms. The summed E-state index contributed by atoms with van der Waals surface area (Å²) in [4.78, 5) is 14.1. The van der Waals surface area contributed by atoms with Gasteiger partial charge in [-0.15, -0.1) is 0 Å². The number of carbonyl (C=O) groups excluding carboxylic acids is 1. The van der Waals surface area contributed by atoms with Crippen LogP contribution >= 0.6 is 0 Å². The highest BCUT2D eigenvalue weighted by Crippen LogP contribution is 2.25. The first-order valence-corrected chi connectivity index (χ1v) is 6.44. The number of nitrogens with zero attached hydrogens (tertiary/aromatic N) is 1. The van der Waals surface area contributed by atoms with E-state index in [1.807, 2.05) is 4.90 Å². The lowest BCUT2D eigenvalue weighted by Crippen LogP contribution is -2.47. The maximum Gasteiger partial charge on any atom is 0.227 e. The molecule has 0 aliphatic heterocycles. The predicted octanol–water partition coefficient (Wildman–Crippen LogP) is 1.71. The molecule has 98 valence electrons. The van der Waals surface area contributed by atoms with Crippen molar-refractivity contribution >= 4 is 5.91 Å². The summed E-state index contributed by atoms with van der Waals surface area (Å²) < 4.78 is 12.8. The average molecular weight is 250 g/mol. The van der Waals surface area contributed by atoms with E-state index in [-0.39, 0.29) is 11.7 Å². The molecule has 1 aliphatic rings. The third-order valence-corrected chi connectivity index (χ3v) is 3.47. The molecular weight excluding hydrogens is 231 g/mol. The molecular formula is C14H19FN2O. The fraction of sp³-hybridized carbons (Fsp3) is 0.500. The summed E-state index contributed by atoms with van der Waals surface area (Å²) in [5.41, 5.74) is 6.40. The van der Waals surface area contributed by atoms with Crippen LogP contribution in [-0.4, -0.2) is 29.9 Å². The Labute approximate surface area is 107 Å². The lowest BCUT2D eigenvalue weighted by molar-refractivity contribution is -0.134. The van der Waals surface area contributed by atoms with Crippen molar-refractivity contribution in [3.8, 4) is 0 Å². The molecule has 3 nitrogen and oxygen atoms in total. The molecule has 18 heavy (non-hydrogen) atoms. The van der Waals surface area contributed by atoms with E-state index < -0.39 is 0 Å². The Balaban J connectivity index is 1.97. The average Bonchev–Trinajstić information content (AvgIpc) is 2.29. The van der Waals surface area contributed by atoms with Crippen molar-refractivity contribution in [1.29, 1.82) is 0 Å². The summed E-state index contributed by atoms with van der Waals surface area (Å²) in [6, 6.07) is 6.46. The quantitative estimate of drug-likeness (QED) is 0.864. The van der Waals surface area contributed by atoms with Crippen LogP contribution in [-0.2, 0) is 11.2 Å². The fourth-order valence-electron chi connectivity index (χ4n) is 2.23. The summed E-state index contributed by atoms with van der Waals surface area (Å²) >= 11 is 0. The molecule has 1 aliphatic carbocycles. The third kappa shape index (κ3) is 3.07. The molecule has 1 amide bonds. The van der Waals surface area contributed by atoms with E-state index in [9.17, 15) is 9.18 Å². The Kier molecular flexibility index (Phi) is 4.31. The summed E-state index contributed by atoms with van der Waals surface area (Å²) in [6.07, 6.45) is 3.68. The monoisotopic (exact) mass is 250 g/mol. The van der Waals surface area contributed by atoms with Gasteiger partial charge in [-0.2, -0.15) is 0 Å². The summed E-state index contributed by atoms with van der Waals surface area (Å²) in [5.74, 6) is -0.180. The zero-order valence-electron chi connectivity index (χ0n) is 10.4. The Morgan fingerprint density at radius 3 is 2.50 bits per heavy atom. The number of rotatable bonds is 5. The molecule has 1 aromatic carbocycles. The first kappa shape index (κ1) is 13.0. The van der Waals surface area contributed by atoms with Crippen LogP contribution in [0.5, 0.6) is 0 Å². The van der Waals surface area contributed by atoms with E-state index in [2.05, 4.69) is 0 Å². The van der Waals surface area contributed by atoms with Gasteiger partial charge in [0.05, 0.1) is 6.42 Å². The molecule has 2 N–H and O–H groups in total. The van der Waals surface area contributed by atoms with Gasteiger partial charge in [0.1, 0.15) is 5.82 Å². The van der Waals surface area contributed by atoms with Crippen molar-refractivity contribution in [3.05, 3.63) is 35.6 Å². The molecule has 0 aromatic heterocycles. The molecule has 0 bridgehead atoms. The van der Waals surface area contributed by atoms with Gasteiger partial charge in [0.15, 0.2) is 0 Å². The highest BCUT2D eigenvalue weighted by Gasteiger charge is 2.27. The van der Waals surface area contributed by atoms with Crippen LogP contribution in [0.4, 0.5) is 4.39 Å². The minimum atomic E-state index is -0.274. The van der Waals surface area contributed by atoms with Gasteiger partial charge in [-0.1, -0.05) is 12.1 Å².